The van der Waals surface area contributed by atoms with E-state index < -0.39 is 5.92 Å². The molecular weight excluding hydrogens is 488 g/mol. The second-order valence-corrected chi connectivity index (χ2v) is 9.75. The summed E-state index contributed by atoms with van der Waals surface area (Å²) < 4.78 is 18.9. The smallest absolute Gasteiger partial charge is 0.246 e. The van der Waals surface area contributed by atoms with E-state index in [9.17, 15) is 14.4 Å². The summed E-state index contributed by atoms with van der Waals surface area (Å²) in [4.78, 5) is 38.6. The van der Waals surface area contributed by atoms with Gasteiger partial charge in [-0.15, -0.1) is 0 Å². The van der Waals surface area contributed by atoms with E-state index in [2.05, 4.69) is 10.4 Å². The summed E-state index contributed by atoms with van der Waals surface area (Å²) in [6.07, 6.45) is 5.49. The molecular formula is C28H28N4O6. The minimum atomic E-state index is -0.466. The molecule has 0 bridgehead atoms. The fourth-order valence-electron chi connectivity index (χ4n) is 5.30. The van der Waals surface area contributed by atoms with Crippen LogP contribution in [0.25, 0.3) is 17.0 Å². The first-order valence-electron chi connectivity index (χ1n) is 12.8. The molecule has 4 heterocycles. The number of piperidine rings is 2. The number of nitrogens with zero attached hydrogens (tertiary/aromatic N) is 3. The van der Waals surface area contributed by atoms with Gasteiger partial charge in [0.2, 0.25) is 24.5 Å². The van der Waals surface area contributed by atoms with Crippen LogP contribution in [0.1, 0.15) is 42.9 Å². The van der Waals surface area contributed by atoms with Crippen LogP contribution in [0.3, 0.4) is 0 Å². The first-order valence-corrected chi connectivity index (χ1v) is 12.8. The Morgan fingerprint density at radius 3 is 2.74 bits per heavy atom. The van der Waals surface area contributed by atoms with Crippen LogP contribution in [0.4, 0.5) is 0 Å². The lowest BCUT2D eigenvalue weighted by Crippen LogP contribution is -2.41. The first-order chi connectivity index (χ1) is 18.5. The molecule has 10 heteroatoms. The maximum absolute atomic E-state index is 12.8. The monoisotopic (exact) mass is 516 g/mol. The predicted molar refractivity (Wildman–Crippen MR) is 138 cm³/mol. The Morgan fingerprint density at radius 2 is 1.92 bits per heavy atom. The molecule has 1 aromatic heterocycles. The number of carbonyl (C=O) groups excluding carboxylic acids is 3. The van der Waals surface area contributed by atoms with E-state index >= 15 is 0 Å². The molecule has 0 saturated carbocycles. The predicted octanol–water partition coefficient (Wildman–Crippen LogP) is 2.91. The number of carbonyl (C=O) groups is 3. The number of hydrogen-bond acceptors (Lipinski definition) is 7. The Bertz CT molecular complexity index is 1450. The normalized spacial score (nSPS) is 19.8. The molecule has 196 valence electrons. The average molecular weight is 517 g/mol. The topological polar surface area (TPSA) is 112 Å². The number of nitrogens with one attached hydrogen (secondary N) is 1. The van der Waals surface area contributed by atoms with E-state index in [1.807, 2.05) is 48.3 Å². The van der Waals surface area contributed by atoms with E-state index in [0.717, 1.165) is 16.5 Å². The number of ether oxygens (including phenoxy) is 3. The quantitative estimate of drug-likeness (QED) is 0.410. The van der Waals surface area contributed by atoms with Crippen LogP contribution in [0.2, 0.25) is 0 Å². The summed E-state index contributed by atoms with van der Waals surface area (Å²) in [5.74, 6) is 1.04. The maximum atomic E-state index is 12.8. The van der Waals surface area contributed by atoms with Crippen molar-refractivity contribution in [1.29, 1.82) is 0 Å². The van der Waals surface area contributed by atoms with Gasteiger partial charge in [0, 0.05) is 50.9 Å². The van der Waals surface area contributed by atoms with Crippen molar-refractivity contribution in [3.8, 4) is 17.2 Å². The number of likely N-dealkylation sites (tertiary alicyclic amines) is 1. The standard InChI is InChI=1S/C28H28N4O6/c1-31-27-19(26(30-31)20-7-9-24(33)29-28(20)35)3-2-4-22(27)38-18-11-13-32(14-12-18)25(34)10-6-17-5-8-21-23(15-17)37-16-36-21/h2-6,8,10,15,18,20H,7,9,11-14,16H2,1H3,(H,29,33,35)/b10-6+. The van der Waals surface area contributed by atoms with Gasteiger partial charge in [0.15, 0.2) is 11.5 Å². The SMILES string of the molecule is Cn1nc(C2CCC(=O)NC2=O)c2cccc(OC3CCN(C(=O)/C=C/c4ccc5c(c4)OCO5)CC3)c21. The first kappa shape index (κ1) is 24.0. The van der Waals surface area contributed by atoms with Crippen molar-refractivity contribution in [3.05, 3.63) is 53.7 Å². The fourth-order valence-corrected chi connectivity index (χ4v) is 5.30. The van der Waals surface area contributed by atoms with Gasteiger partial charge in [0.25, 0.3) is 0 Å². The third kappa shape index (κ3) is 4.57. The molecule has 2 saturated heterocycles. The zero-order chi connectivity index (χ0) is 26.2. The molecule has 3 aromatic rings. The highest BCUT2D eigenvalue weighted by Crippen LogP contribution is 2.35. The summed E-state index contributed by atoms with van der Waals surface area (Å²) in [6.45, 7) is 1.41. The second-order valence-electron chi connectivity index (χ2n) is 9.75. The number of benzene rings is 2. The Labute approximate surface area is 219 Å². The van der Waals surface area contributed by atoms with E-state index in [1.165, 1.54) is 0 Å². The average Bonchev–Trinajstić information content (AvgIpc) is 3.52. The molecule has 3 aliphatic rings. The number of rotatable bonds is 5. The van der Waals surface area contributed by atoms with Crippen molar-refractivity contribution < 1.29 is 28.6 Å². The molecule has 2 fully saturated rings. The molecule has 38 heavy (non-hydrogen) atoms. The van der Waals surface area contributed by atoms with Crippen molar-refractivity contribution in [2.24, 2.45) is 7.05 Å². The highest BCUT2D eigenvalue weighted by molar-refractivity contribution is 6.03. The van der Waals surface area contributed by atoms with Crippen LogP contribution in [-0.2, 0) is 21.4 Å². The molecule has 0 radical (unpaired) electrons. The molecule has 3 amide bonds. The van der Waals surface area contributed by atoms with Crippen LogP contribution in [0.15, 0.2) is 42.5 Å². The van der Waals surface area contributed by atoms with Gasteiger partial charge in [-0.3, -0.25) is 24.4 Å². The molecule has 1 unspecified atom stereocenters. The lowest BCUT2D eigenvalue weighted by atomic mass is 9.93. The highest BCUT2D eigenvalue weighted by Gasteiger charge is 2.32. The van der Waals surface area contributed by atoms with Crippen LogP contribution >= 0.6 is 0 Å². The molecule has 1 atom stereocenters. The number of hydrogen-bond donors (Lipinski definition) is 1. The third-order valence-corrected chi connectivity index (χ3v) is 7.29. The number of amides is 3. The third-order valence-electron chi connectivity index (χ3n) is 7.29. The van der Waals surface area contributed by atoms with E-state index in [0.29, 0.717) is 61.7 Å². The molecule has 3 aliphatic heterocycles. The zero-order valence-corrected chi connectivity index (χ0v) is 21.0. The highest BCUT2D eigenvalue weighted by atomic mass is 16.7. The largest absolute Gasteiger partial charge is 0.488 e. The van der Waals surface area contributed by atoms with Crippen LogP contribution < -0.4 is 19.5 Å². The minimum absolute atomic E-state index is 0.0382. The molecule has 0 spiro atoms. The summed E-state index contributed by atoms with van der Waals surface area (Å²) >= 11 is 0. The van der Waals surface area contributed by atoms with Gasteiger partial charge in [-0.05, 0) is 36.3 Å². The molecule has 0 aliphatic carbocycles. The molecule has 1 N–H and O–H groups in total. The minimum Gasteiger partial charge on any atom is -0.488 e. The number of aromatic nitrogens is 2. The van der Waals surface area contributed by atoms with Gasteiger partial charge in [-0.1, -0.05) is 18.2 Å². The summed E-state index contributed by atoms with van der Waals surface area (Å²) in [5.41, 5.74) is 2.35. The summed E-state index contributed by atoms with van der Waals surface area (Å²) in [7, 11) is 1.83. The Kier molecular flexibility index (Phi) is 6.22. The molecule has 6 rings (SSSR count). The lowest BCUT2D eigenvalue weighted by Gasteiger charge is -2.31. The van der Waals surface area contributed by atoms with Crippen LogP contribution in [-0.4, -0.2) is 58.4 Å². The van der Waals surface area contributed by atoms with E-state index in [1.54, 1.807) is 16.8 Å². The zero-order valence-electron chi connectivity index (χ0n) is 21.0. The Morgan fingerprint density at radius 1 is 1.11 bits per heavy atom. The van der Waals surface area contributed by atoms with Crippen LogP contribution in [0, 0.1) is 0 Å². The van der Waals surface area contributed by atoms with Gasteiger partial charge >= 0.3 is 0 Å². The molecule has 2 aromatic carbocycles. The van der Waals surface area contributed by atoms with Crippen molar-refractivity contribution >= 4 is 34.7 Å². The van der Waals surface area contributed by atoms with Gasteiger partial charge in [-0.2, -0.15) is 5.10 Å². The second kappa shape index (κ2) is 9.85. The van der Waals surface area contributed by atoms with Crippen molar-refractivity contribution in [2.45, 2.75) is 37.7 Å². The van der Waals surface area contributed by atoms with Crippen LogP contribution in [0.5, 0.6) is 17.2 Å². The Balaban J connectivity index is 1.10. The van der Waals surface area contributed by atoms with Crippen molar-refractivity contribution in [3.63, 3.8) is 0 Å². The summed E-state index contributed by atoms with van der Waals surface area (Å²) in [6, 6.07) is 11.3. The fraction of sp³-hybridized carbons (Fsp3) is 0.357. The lowest BCUT2D eigenvalue weighted by molar-refractivity contribution is -0.134. The van der Waals surface area contributed by atoms with Crippen molar-refractivity contribution in [1.82, 2.24) is 20.0 Å². The van der Waals surface area contributed by atoms with E-state index in [-0.39, 0.29) is 30.6 Å². The Hall–Kier alpha value is -4.34. The number of fused-ring (bicyclic) bond motifs is 2. The van der Waals surface area contributed by atoms with E-state index in [4.69, 9.17) is 14.2 Å². The number of imide groups is 1. The van der Waals surface area contributed by atoms with Gasteiger partial charge in [0.1, 0.15) is 17.4 Å². The summed E-state index contributed by atoms with van der Waals surface area (Å²) in [5, 5.41) is 7.90. The number of aryl methyl sites for hydroxylation is 1. The van der Waals surface area contributed by atoms with Gasteiger partial charge in [-0.25, -0.2) is 0 Å². The molecule has 10 nitrogen and oxygen atoms in total. The van der Waals surface area contributed by atoms with Crippen molar-refractivity contribution in [2.75, 3.05) is 19.9 Å². The van der Waals surface area contributed by atoms with Gasteiger partial charge < -0.3 is 19.1 Å². The van der Waals surface area contributed by atoms with Gasteiger partial charge in [0.05, 0.1) is 11.6 Å². The maximum Gasteiger partial charge on any atom is 0.246 e. The number of para-hydroxylation sites is 1.